The number of piperazine rings is 1. The van der Waals surface area contributed by atoms with Gasteiger partial charge in [-0.3, -0.25) is 4.99 Å². The minimum Gasteiger partial charge on any atom is -0.368 e. The van der Waals surface area contributed by atoms with Crippen LogP contribution >= 0.6 is 0 Å². The number of hydrogen-bond donors (Lipinski definition) is 1. The monoisotopic (exact) mass is 423 g/mol. The van der Waals surface area contributed by atoms with E-state index >= 15 is 0 Å². The third kappa shape index (κ3) is 5.97. The topological polar surface area (TPSA) is 34.1 Å². The molecular formula is C25H34FN5. The molecule has 2 heterocycles. The van der Waals surface area contributed by atoms with Gasteiger partial charge in [-0.15, -0.1) is 0 Å². The van der Waals surface area contributed by atoms with E-state index in [0.29, 0.717) is 5.92 Å². The zero-order valence-electron chi connectivity index (χ0n) is 18.5. The fourth-order valence-corrected chi connectivity index (χ4v) is 4.61. The Hall–Kier alpha value is -2.60. The van der Waals surface area contributed by atoms with Crippen molar-refractivity contribution in [3.8, 4) is 0 Å². The molecule has 0 bridgehead atoms. The van der Waals surface area contributed by atoms with Crippen molar-refractivity contribution in [2.24, 2.45) is 10.9 Å². The van der Waals surface area contributed by atoms with Gasteiger partial charge in [-0.2, -0.15) is 0 Å². The van der Waals surface area contributed by atoms with Gasteiger partial charge in [0.25, 0.3) is 0 Å². The zero-order chi connectivity index (χ0) is 21.5. The highest BCUT2D eigenvalue weighted by atomic mass is 19.1. The number of nitrogens with one attached hydrogen (secondary N) is 1. The highest BCUT2D eigenvalue weighted by molar-refractivity contribution is 5.80. The first-order valence-electron chi connectivity index (χ1n) is 11.4. The molecule has 1 unspecified atom stereocenters. The second kappa shape index (κ2) is 10.6. The van der Waals surface area contributed by atoms with Gasteiger partial charge < -0.3 is 20.0 Å². The van der Waals surface area contributed by atoms with Crippen LogP contribution in [-0.2, 0) is 6.42 Å². The minimum atomic E-state index is -0.183. The lowest BCUT2D eigenvalue weighted by Gasteiger charge is -2.38. The first-order chi connectivity index (χ1) is 15.2. The Morgan fingerprint density at radius 1 is 1.00 bits per heavy atom. The number of halogens is 1. The van der Waals surface area contributed by atoms with Crippen LogP contribution in [0.3, 0.4) is 0 Å². The van der Waals surface area contributed by atoms with E-state index in [2.05, 4.69) is 55.3 Å². The normalized spacial score (nSPS) is 20.3. The molecule has 0 aromatic heterocycles. The van der Waals surface area contributed by atoms with E-state index < -0.39 is 0 Å². The fourth-order valence-electron chi connectivity index (χ4n) is 4.61. The maximum Gasteiger partial charge on any atom is 0.193 e. The molecule has 2 saturated heterocycles. The Morgan fingerprint density at radius 3 is 2.45 bits per heavy atom. The summed E-state index contributed by atoms with van der Waals surface area (Å²) in [6.45, 7) is 8.15. The van der Waals surface area contributed by atoms with E-state index in [9.17, 15) is 4.39 Å². The van der Waals surface area contributed by atoms with Crippen LogP contribution in [0, 0.1) is 11.7 Å². The van der Waals surface area contributed by atoms with E-state index in [1.54, 1.807) is 0 Å². The molecular weight excluding hydrogens is 389 g/mol. The quantitative estimate of drug-likeness (QED) is 0.572. The van der Waals surface area contributed by atoms with Gasteiger partial charge in [0.15, 0.2) is 5.96 Å². The Kier molecular flexibility index (Phi) is 7.41. The summed E-state index contributed by atoms with van der Waals surface area (Å²) in [5.74, 6) is 1.49. The first-order valence-corrected chi connectivity index (χ1v) is 11.4. The van der Waals surface area contributed by atoms with Gasteiger partial charge in [-0.25, -0.2) is 4.39 Å². The van der Waals surface area contributed by atoms with Crippen LogP contribution in [0.2, 0.25) is 0 Å². The standard InChI is InChI=1S/C25H34FN5/c1-27-25(31-17-15-30(16-18-31)24-9-7-23(26)8-10-24)28-19-22-12-14-29(20-22)13-11-21-5-3-2-4-6-21/h2-10,22H,11-20H2,1H3,(H,27,28). The largest absolute Gasteiger partial charge is 0.368 e. The van der Waals surface area contributed by atoms with Crippen LogP contribution in [0.1, 0.15) is 12.0 Å². The molecule has 4 rings (SSSR count). The summed E-state index contributed by atoms with van der Waals surface area (Å²) in [6.07, 6.45) is 2.37. The van der Waals surface area contributed by atoms with Crippen molar-refractivity contribution in [1.82, 2.24) is 15.1 Å². The number of nitrogens with zero attached hydrogens (tertiary/aromatic N) is 4. The molecule has 31 heavy (non-hydrogen) atoms. The molecule has 2 aromatic rings. The SMILES string of the molecule is CN=C(NCC1CCN(CCc2ccccc2)C1)N1CCN(c2ccc(F)cc2)CC1. The molecule has 166 valence electrons. The molecule has 0 radical (unpaired) electrons. The lowest BCUT2D eigenvalue weighted by molar-refractivity contribution is 0.325. The van der Waals surface area contributed by atoms with Crippen LogP contribution in [0.15, 0.2) is 59.6 Å². The summed E-state index contributed by atoms with van der Waals surface area (Å²) in [7, 11) is 1.87. The summed E-state index contributed by atoms with van der Waals surface area (Å²) in [4.78, 5) is 11.8. The molecule has 0 spiro atoms. The Bertz CT molecular complexity index is 831. The number of guanidine groups is 1. The third-order valence-corrected chi connectivity index (χ3v) is 6.46. The van der Waals surface area contributed by atoms with Gasteiger partial charge in [0.1, 0.15) is 5.82 Å². The van der Waals surface area contributed by atoms with Crippen LogP contribution in [0.4, 0.5) is 10.1 Å². The molecule has 2 aliphatic heterocycles. The summed E-state index contributed by atoms with van der Waals surface area (Å²) in [5, 5.41) is 3.62. The maximum atomic E-state index is 13.2. The van der Waals surface area contributed by atoms with Crippen molar-refractivity contribution < 1.29 is 4.39 Å². The van der Waals surface area contributed by atoms with Crippen molar-refractivity contribution in [3.63, 3.8) is 0 Å². The van der Waals surface area contributed by atoms with Crippen molar-refractivity contribution in [2.75, 3.05) is 64.3 Å². The molecule has 5 nitrogen and oxygen atoms in total. The van der Waals surface area contributed by atoms with Crippen LogP contribution < -0.4 is 10.2 Å². The summed E-state index contributed by atoms with van der Waals surface area (Å²) >= 11 is 0. The van der Waals surface area contributed by atoms with E-state index in [0.717, 1.165) is 63.9 Å². The number of benzene rings is 2. The first kappa shape index (κ1) is 21.6. The number of rotatable bonds is 6. The smallest absolute Gasteiger partial charge is 0.193 e. The molecule has 0 aliphatic carbocycles. The summed E-state index contributed by atoms with van der Waals surface area (Å²) in [6, 6.07) is 17.6. The van der Waals surface area contributed by atoms with E-state index in [4.69, 9.17) is 0 Å². The van der Waals surface area contributed by atoms with Gasteiger partial charge in [-0.05, 0) is 55.1 Å². The van der Waals surface area contributed by atoms with Crippen molar-refractivity contribution >= 4 is 11.6 Å². The van der Waals surface area contributed by atoms with Gasteiger partial charge in [-0.1, -0.05) is 30.3 Å². The van der Waals surface area contributed by atoms with Crippen LogP contribution in [0.5, 0.6) is 0 Å². The van der Waals surface area contributed by atoms with Crippen LogP contribution in [-0.4, -0.2) is 75.2 Å². The third-order valence-electron chi connectivity index (χ3n) is 6.46. The molecule has 6 heteroatoms. The molecule has 1 atom stereocenters. The Labute approximate surface area is 185 Å². The van der Waals surface area contributed by atoms with Crippen LogP contribution in [0.25, 0.3) is 0 Å². The molecule has 2 fully saturated rings. The van der Waals surface area contributed by atoms with Gasteiger partial charge in [0, 0.05) is 58.5 Å². The molecule has 1 N–H and O–H groups in total. The summed E-state index contributed by atoms with van der Waals surface area (Å²) in [5.41, 5.74) is 2.51. The maximum absolute atomic E-state index is 13.2. The predicted octanol–water partition coefficient (Wildman–Crippen LogP) is 3.09. The highest BCUT2D eigenvalue weighted by Gasteiger charge is 2.24. The second-order valence-electron chi connectivity index (χ2n) is 8.57. The summed E-state index contributed by atoms with van der Waals surface area (Å²) < 4.78 is 13.2. The Morgan fingerprint density at radius 2 is 1.74 bits per heavy atom. The molecule has 0 saturated carbocycles. The van der Waals surface area contributed by atoms with E-state index in [1.807, 2.05) is 19.2 Å². The van der Waals surface area contributed by atoms with Gasteiger partial charge >= 0.3 is 0 Å². The van der Waals surface area contributed by atoms with Crippen molar-refractivity contribution in [3.05, 3.63) is 66.0 Å². The molecule has 2 aliphatic rings. The number of likely N-dealkylation sites (tertiary alicyclic amines) is 1. The average molecular weight is 424 g/mol. The minimum absolute atomic E-state index is 0.183. The Balaban J connectivity index is 1.18. The molecule has 2 aromatic carbocycles. The van der Waals surface area contributed by atoms with Crippen molar-refractivity contribution in [1.29, 1.82) is 0 Å². The number of anilines is 1. The van der Waals surface area contributed by atoms with Gasteiger partial charge in [0.05, 0.1) is 0 Å². The van der Waals surface area contributed by atoms with Gasteiger partial charge in [0.2, 0.25) is 0 Å². The fraction of sp³-hybridized carbons (Fsp3) is 0.480. The lowest BCUT2D eigenvalue weighted by atomic mass is 10.1. The highest BCUT2D eigenvalue weighted by Crippen LogP contribution is 2.18. The predicted molar refractivity (Wildman–Crippen MR) is 126 cm³/mol. The molecule has 0 amide bonds. The van der Waals surface area contributed by atoms with E-state index in [1.165, 1.54) is 30.7 Å². The van der Waals surface area contributed by atoms with Crippen molar-refractivity contribution in [2.45, 2.75) is 12.8 Å². The average Bonchev–Trinajstić information content (AvgIpc) is 3.28. The zero-order valence-corrected chi connectivity index (χ0v) is 18.5. The second-order valence-corrected chi connectivity index (χ2v) is 8.57. The number of hydrogen-bond acceptors (Lipinski definition) is 3. The number of aliphatic imine (C=N–C) groups is 1. The van der Waals surface area contributed by atoms with E-state index in [-0.39, 0.29) is 5.82 Å². The lowest BCUT2D eigenvalue weighted by Crippen LogP contribution is -2.53.